The molecule has 0 spiro atoms. The third-order valence-electron chi connectivity index (χ3n) is 3.29. The van der Waals surface area contributed by atoms with E-state index >= 15 is 0 Å². The fraction of sp³-hybridized carbons (Fsp3) is 0.188. The molecule has 20 heavy (non-hydrogen) atoms. The van der Waals surface area contributed by atoms with Crippen molar-refractivity contribution < 1.29 is 9.90 Å². The lowest BCUT2D eigenvalue weighted by atomic mass is 10.1. The van der Waals surface area contributed by atoms with Crippen LogP contribution in [0.4, 0.5) is 5.69 Å². The van der Waals surface area contributed by atoms with E-state index in [1.165, 1.54) is 17.2 Å². The van der Waals surface area contributed by atoms with Crippen LogP contribution in [0.1, 0.15) is 21.5 Å². The standard InChI is InChI=1S/C16H16ClNO2/c1-11-5-3-4-6-12(11)10-18(2)13-7-8-14(16(19)20)15(17)9-13/h3-9H,10H2,1-2H3,(H,19,20). The first kappa shape index (κ1) is 14.4. The summed E-state index contributed by atoms with van der Waals surface area (Å²) >= 11 is 6.00. The molecule has 0 aliphatic carbocycles. The molecule has 104 valence electrons. The van der Waals surface area contributed by atoms with E-state index < -0.39 is 5.97 Å². The van der Waals surface area contributed by atoms with Gasteiger partial charge in [0.15, 0.2) is 0 Å². The number of anilines is 1. The van der Waals surface area contributed by atoms with Gasteiger partial charge in [0, 0.05) is 19.3 Å². The summed E-state index contributed by atoms with van der Waals surface area (Å²) in [7, 11) is 1.96. The summed E-state index contributed by atoms with van der Waals surface area (Å²) in [5.74, 6) is -1.01. The second-order valence-corrected chi connectivity index (χ2v) is 5.16. The Morgan fingerprint density at radius 1 is 1.25 bits per heavy atom. The normalized spacial score (nSPS) is 10.3. The van der Waals surface area contributed by atoms with Crippen LogP contribution in [-0.2, 0) is 6.54 Å². The summed E-state index contributed by atoms with van der Waals surface area (Å²) in [6, 6.07) is 13.2. The molecule has 2 rings (SSSR count). The third kappa shape index (κ3) is 3.11. The second kappa shape index (κ2) is 5.97. The van der Waals surface area contributed by atoms with E-state index in [0.717, 1.165) is 12.2 Å². The molecular formula is C16H16ClNO2. The first-order chi connectivity index (χ1) is 9.49. The topological polar surface area (TPSA) is 40.5 Å². The van der Waals surface area contributed by atoms with E-state index in [9.17, 15) is 4.79 Å². The molecule has 0 bridgehead atoms. The molecule has 1 N–H and O–H groups in total. The van der Waals surface area contributed by atoms with Crippen LogP contribution in [0, 0.1) is 6.92 Å². The van der Waals surface area contributed by atoms with Gasteiger partial charge in [-0.05, 0) is 36.2 Å². The van der Waals surface area contributed by atoms with Crippen molar-refractivity contribution in [2.24, 2.45) is 0 Å². The number of hydrogen-bond acceptors (Lipinski definition) is 2. The van der Waals surface area contributed by atoms with Crippen LogP contribution in [-0.4, -0.2) is 18.1 Å². The molecule has 0 aliphatic heterocycles. The lowest BCUT2D eigenvalue weighted by Gasteiger charge is -2.21. The Morgan fingerprint density at radius 3 is 2.55 bits per heavy atom. The van der Waals surface area contributed by atoms with Gasteiger partial charge in [0.05, 0.1) is 10.6 Å². The summed E-state index contributed by atoms with van der Waals surface area (Å²) in [4.78, 5) is 13.0. The number of carbonyl (C=O) groups is 1. The zero-order chi connectivity index (χ0) is 14.7. The molecule has 0 radical (unpaired) electrons. The van der Waals surface area contributed by atoms with Crippen LogP contribution < -0.4 is 4.90 Å². The van der Waals surface area contributed by atoms with Crippen LogP contribution in [0.2, 0.25) is 5.02 Å². The third-order valence-corrected chi connectivity index (χ3v) is 3.61. The average molecular weight is 290 g/mol. The molecule has 0 aromatic heterocycles. The molecule has 0 saturated carbocycles. The molecular weight excluding hydrogens is 274 g/mol. The molecule has 3 nitrogen and oxygen atoms in total. The second-order valence-electron chi connectivity index (χ2n) is 4.75. The molecule has 2 aromatic carbocycles. The molecule has 0 unspecified atom stereocenters. The average Bonchev–Trinajstić information content (AvgIpc) is 2.40. The lowest BCUT2D eigenvalue weighted by molar-refractivity contribution is 0.0697. The summed E-state index contributed by atoms with van der Waals surface area (Å²) in [6.45, 7) is 2.82. The van der Waals surface area contributed by atoms with E-state index in [2.05, 4.69) is 19.1 Å². The zero-order valence-corrected chi connectivity index (χ0v) is 12.2. The van der Waals surface area contributed by atoms with Gasteiger partial charge in [0.25, 0.3) is 0 Å². The highest BCUT2D eigenvalue weighted by atomic mass is 35.5. The van der Waals surface area contributed by atoms with E-state index in [1.54, 1.807) is 12.1 Å². The fourth-order valence-electron chi connectivity index (χ4n) is 2.05. The maximum Gasteiger partial charge on any atom is 0.337 e. The maximum atomic E-state index is 10.9. The summed E-state index contributed by atoms with van der Waals surface area (Å²) < 4.78 is 0. The van der Waals surface area contributed by atoms with Gasteiger partial charge < -0.3 is 10.0 Å². The number of carboxylic acid groups (broad SMARTS) is 1. The molecule has 0 saturated heterocycles. The molecule has 0 aliphatic rings. The van der Waals surface area contributed by atoms with E-state index in [4.69, 9.17) is 16.7 Å². The number of aromatic carboxylic acids is 1. The van der Waals surface area contributed by atoms with Gasteiger partial charge in [-0.25, -0.2) is 4.79 Å². The first-order valence-corrected chi connectivity index (χ1v) is 6.65. The Labute approximate surface area is 123 Å². The van der Waals surface area contributed by atoms with Gasteiger partial charge in [0.1, 0.15) is 0 Å². The highest BCUT2D eigenvalue weighted by Crippen LogP contribution is 2.24. The molecule has 4 heteroatoms. The zero-order valence-electron chi connectivity index (χ0n) is 11.4. The minimum absolute atomic E-state index is 0.125. The number of halogens is 1. The van der Waals surface area contributed by atoms with Crippen LogP contribution >= 0.6 is 11.6 Å². The van der Waals surface area contributed by atoms with Crippen LogP contribution in [0.5, 0.6) is 0 Å². The van der Waals surface area contributed by atoms with Crippen molar-refractivity contribution in [1.82, 2.24) is 0 Å². The smallest absolute Gasteiger partial charge is 0.337 e. The number of hydrogen-bond donors (Lipinski definition) is 1. The molecule has 0 heterocycles. The summed E-state index contributed by atoms with van der Waals surface area (Å²) in [5, 5.41) is 9.22. The van der Waals surface area contributed by atoms with E-state index in [0.29, 0.717) is 0 Å². The predicted octanol–water partition coefficient (Wildman–Crippen LogP) is 3.98. The molecule has 2 aromatic rings. The highest BCUT2D eigenvalue weighted by molar-refractivity contribution is 6.33. The van der Waals surface area contributed by atoms with Crippen LogP contribution in [0.15, 0.2) is 42.5 Å². The molecule has 0 fully saturated rings. The van der Waals surface area contributed by atoms with Crippen molar-refractivity contribution >= 4 is 23.3 Å². The first-order valence-electron chi connectivity index (χ1n) is 6.27. The molecule has 0 atom stereocenters. The van der Waals surface area contributed by atoms with Crippen molar-refractivity contribution in [1.29, 1.82) is 0 Å². The minimum Gasteiger partial charge on any atom is -0.478 e. The van der Waals surface area contributed by atoms with Gasteiger partial charge in [-0.3, -0.25) is 0 Å². The number of aryl methyl sites for hydroxylation is 1. The SMILES string of the molecule is Cc1ccccc1CN(C)c1ccc(C(=O)O)c(Cl)c1. The van der Waals surface area contributed by atoms with Crippen molar-refractivity contribution in [2.45, 2.75) is 13.5 Å². The number of nitrogens with zero attached hydrogens (tertiary/aromatic N) is 1. The van der Waals surface area contributed by atoms with Crippen molar-refractivity contribution in [3.8, 4) is 0 Å². The van der Waals surface area contributed by atoms with Gasteiger partial charge >= 0.3 is 5.97 Å². The van der Waals surface area contributed by atoms with Crippen molar-refractivity contribution in [3.63, 3.8) is 0 Å². The lowest BCUT2D eigenvalue weighted by Crippen LogP contribution is -2.17. The fourth-order valence-corrected chi connectivity index (χ4v) is 2.30. The van der Waals surface area contributed by atoms with Crippen LogP contribution in [0.25, 0.3) is 0 Å². The quantitative estimate of drug-likeness (QED) is 0.925. The Morgan fingerprint density at radius 2 is 1.95 bits per heavy atom. The van der Waals surface area contributed by atoms with Crippen molar-refractivity contribution in [2.75, 3.05) is 11.9 Å². The van der Waals surface area contributed by atoms with Gasteiger partial charge in [-0.2, -0.15) is 0 Å². The number of benzene rings is 2. The van der Waals surface area contributed by atoms with Gasteiger partial charge in [-0.1, -0.05) is 35.9 Å². The van der Waals surface area contributed by atoms with E-state index in [1.807, 2.05) is 24.1 Å². The van der Waals surface area contributed by atoms with Gasteiger partial charge in [-0.15, -0.1) is 0 Å². The number of carboxylic acids is 1. The van der Waals surface area contributed by atoms with Crippen LogP contribution in [0.3, 0.4) is 0 Å². The predicted molar refractivity (Wildman–Crippen MR) is 81.7 cm³/mol. The van der Waals surface area contributed by atoms with Gasteiger partial charge in [0.2, 0.25) is 0 Å². The Kier molecular flexibility index (Phi) is 4.30. The Hall–Kier alpha value is -2.00. The highest BCUT2D eigenvalue weighted by Gasteiger charge is 2.11. The maximum absolute atomic E-state index is 10.9. The Balaban J connectivity index is 2.22. The van der Waals surface area contributed by atoms with Crippen molar-refractivity contribution in [3.05, 3.63) is 64.2 Å². The summed E-state index contributed by atoms with van der Waals surface area (Å²) in [6.07, 6.45) is 0. The van der Waals surface area contributed by atoms with E-state index in [-0.39, 0.29) is 10.6 Å². The summed E-state index contributed by atoms with van der Waals surface area (Å²) in [5.41, 5.74) is 3.48. The Bertz CT molecular complexity index is 640. The molecule has 0 amide bonds. The number of rotatable bonds is 4. The minimum atomic E-state index is -1.01. The monoisotopic (exact) mass is 289 g/mol. The largest absolute Gasteiger partial charge is 0.478 e.